The summed E-state index contributed by atoms with van der Waals surface area (Å²) in [5.74, 6) is 14.2. The van der Waals surface area contributed by atoms with Crippen LogP contribution in [0.3, 0.4) is 0 Å². The molecule has 12 heteroatoms. The van der Waals surface area contributed by atoms with Crippen LogP contribution in [0.15, 0.2) is 36.7 Å². The number of carbonyl (C=O) groups excluding carboxylic acids is 1. The number of benzene rings is 1. The summed E-state index contributed by atoms with van der Waals surface area (Å²) in [5.41, 5.74) is 2.15. The minimum atomic E-state index is -1.94. The lowest BCUT2D eigenvalue weighted by Crippen LogP contribution is -2.42. The third-order valence-electron chi connectivity index (χ3n) is 9.64. The molecule has 0 unspecified atom stereocenters. The Morgan fingerprint density at radius 1 is 0.860 bits per heavy atom. The van der Waals surface area contributed by atoms with Crippen molar-refractivity contribution < 1.29 is 23.9 Å². The van der Waals surface area contributed by atoms with Crippen LogP contribution in [0.25, 0.3) is 0 Å². The number of aromatic nitrogens is 4. The van der Waals surface area contributed by atoms with E-state index in [0.29, 0.717) is 42.7 Å². The minimum Gasteiger partial charge on any atom is -0.465 e. The van der Waals surface area contributed by atoms with Gasteiger partial charge in [-0.1, -0.05) is 39.5 Å². The number of carboxylic acid groups (broad SMARTS) is 1. The summed E-state index contributed by atoms with van der Waals surface area (Å²) in [6, 6.07) is 7.05. The first-order valence-electron chi connectivity index (χ1n) is 17.3. The molecule has 2 fully saturated rings. The second-order valence-corrected chi connectivity index (χ2v) is 20.8. The molecule has 3 N–H and O–H groups in total. The number of ether oxygens (including phenoxy) is 1. The lowest BCUT2D eigenvalue weighted by atomic mass is 10.1. The topological polar surface area (TPSA) is 137 Å². The van der Waals surface area contributed by atoms with Gasteiger partial charge in [-0.3, -0.25) is 9.80 Å². The number of H-pyrrole nitrogens is 2. The normalized spacial score (nSPS) is 21.0. The number of carbonyl (C=O) groups is 2. The van der Waals surface area contributed by atoms with Crippen molar-refractivity contribution in [2.75, 3.05) is 19.7 Å². The van der Waals surface area contributed by atoms with Crippen molar-refractivity contribution in [1.82, 2.24) is 29.7 Å². The predicted molar refractivity (Wildman–Crippen MR) is 194 cm³/mol. The van der Waals surface area contributed by atoms with Crippen LogP contribution in [-0.2, 0) is 9.16 Å². The molecule has 0 saturated carbocycles. The maximum Gasteiger partial charge on any atom is 0.410 e. The van der Waals surface area contributed by atoms with Crippen LogP contribution < -0.4 is 0 Å². The molecule has 50 heavy (non-hydrogen) atoms. The Hall–Kier alpha value is -4.52. The van der Waals surface area contributed by atoms with E-state index in [-0.39, 0.29) is 35.1 Å². The zero-order valence-electron chi connectivity index (χ0n) is 30.7. The third-order valence-corrected chi connectivity index (χ3v) is 14.1. The summed E-state index contributed by atoms with van der Waals surface area (Å²) in [6.07, 6.45) is 3.64. The van der Waals surface area contributed by atoms with Gasteiger partial charge in [0.15, 0.2) is 8.32 Å². The monoisotopic (exact) mass is 698 g/mol. The Morgan fingerprint density at radius 2 is 1.38 bits per heavy atom. The highest BCUT2D eigenvalue weighted by molar-refractivity contribution is 6.74. The second-order valence-electron chi connectivity index (χ2n) is 16.0. The van der Waals surface area contributed by atoms with Crippen molar-refractivity contribution >= 4 is 20.5 Å². The van der Waals surface area contributed by atoms with Crippen molar-refractivity contribution in [2.24, 2.45) is 11.8 Å². The van der Waals surface area contributed by atoms with Crippen molar-refractivity contribution in [2.45, 2.75) is 97.1 Å². The molecule has 11 nitrogen and oxygen atoms in total. The highest BCUT2D eigenvalue weighted by atomic mass is 28.4. The maximum absolute atomic E-state index is 13.3. The summed E-state index contributed by atoms with van der Waals surface area (Å²) in [7, 11) is -1.94. The second kappa shape index (κ2) is 14.4. The molecule has 3 aromatic rings. The quantitative estimate of drug-likeness (QED) is 0.188. The van der Waals surface area contributed by atoms with Crippen LogP contribution in [-0.4, -0.2) is 80.6 Å². The number of nitrogens with one attached hydrogen (secondary N) is 2. The molecule has 2 aliphatic heterocycles. The lowest BCUT2D eigenvalue weighted by molar-refractivity contribution is 0.0211. The van der Waals surface area contributed by atoms with Crippen LogP contribution in [0.5, 0.6) is 0 Å². The van der Waals surface area contributed by atoms with Gasteiger partial charge in [0, 0.05) is 49.1 Å². The molecule has 266 valence electrons. The Balaban J connectivity index is 1.24. The minimum absolute atomic E-state index is 0.103. The van der Waals surface area contributed by atoms with Crippen molar-refractivity contribution in [3.8, 4) is 23.7 Å². The first kappa shape index (κ1) is 36.7. The standard InChI is InChI=1S/C38H50N6O5Si/c1-25-18-31(43(22-25)35(45)46)33-39-20-29(41-33)16-14-26-10-12-27(13-11-26)15-17-30-21-40-34(42-30)32-19-28(24-48-50(8,9)38(5,6)7)23-44(32)36(47)49-37(2,3)4/h10-13,20-21,25,28,31-32H,18-19,22-24H2,1-9H3,(H,39,41)(H,40,42)(H,45,46)/t25-,28-,31-,32-/m0/s1. The van der Waals surface area contributed by atoms with Gasteiger partial charge in [0.1, 0.15) is 28.6 Å². The fourth-order valence-corrected chi connectivity index (χ4v) is 7.02. The van der Waals surface area contributed by atoms with E-state index in [0.717, 1.165) is 24.0 Å². The van der Waals surface area contributed by atoms with E-state index in [1.165, 1.54) is 4.90 Å². The molecule has 1 aromatic carbocycles. The molecule has 0 radical (unpaired) electrons. The van der Waals surface area contributed by atoms with Gasteiger partial charge in [0.05, 0.1) is 12.1 Å². The van der Waals surface area contributed by atoms with E-state index in [4.69, 9.17) is 14.1 Å². The highest BCUT2D eigenvalue weighted by Crippen LogP contribution is 2.40. The Morgan fingerprint density at radius 3 is 1.86 bits per heavy atom. The SMILES string of the molecule is C[C@H]1C[C@@H](c2nc(C#Cc3ccc(C#Cc4c[nH]c([C@@H]5C[C@H](CO[Si](C)(C)C(C)(C)C)CN5C(=O)OC(C)(C)C)n4)cc3)c[nH]2)N(C(=O)O)C1. The number of aromatic amines is 2. The van der Waals surface area contributed by atoms with Gasteiger partial charge in [-0.15, -0.1) is 0 Å². The smallest absolute Gasteiger partial charge is 0.410 e. The molecule has 0 spiro atoms. The number of amides is 2. The average Bonchev–Trinajstić information content (AvgIpc) is 3.83. The zero-order chi connectivity index (χ0) is 36.4. The van der Waals surface area contributed by atoms with E-state index in [1.807, 2.05) is 52.0 Å². The van der Waals surface area contributed by atoms with Crippen LogP contribution in [0.4, 0.5) is 9.59 Å². The van der Waals surface area contributed by atoms with E-state index in [1.54, 1.807) is 17.3 Å². The van der Waals surface area contributed by atoms with Gasteiger partial charge in [0.2, 0.25) is 0 Å². The molecule has 2 amide bonds. The largest absolute Gasteiger partial charge is 0.465 e. The fourth-order valence-electron chi connectivity index (χ4n) is 5.94. The molecular formula is C38H50N6O5Si. The summed E-state index contributed by atoms with van der Waals surface area (Å²) in [5, 5.41) is 9.64. The average molecular weight is 699 g/mol. The van der Waals surface area contributed by atoms with Crippen LogP contribution in [0, 0.1) is 35.5 Å². The molecule has 5 rings (SSSR count). The number of hydrogen-bond donors (Lipinski definition) is 3. The van der Waals surface area contributed by atoms with Crippen LogP contribution in [0.1, 0.15) is 108 Å². The van der Waals surface area contributed by atoms with Gasteiger partial charge in [-0.25, -0.2) is 19.6 Å². The summed E-state index contributed by atoms with van der Waals surface area (Å²) >= 11 is 0. The van der Waals surface area contributed by atoms with Crippen LogP contribution >= 0.6 is 0 Å². The third kappa shape index (κ3) is 8.98. The molecule has 2 saturated heterocycles. The lowest BCUT2D eigenvalue weighted by Gasteiger charge is -2.37. The van der Waals surface area contributed by atoms with Crippen molar-refractivity contribution in [3.05, 3.63) is 70.8 Å². The summed E-state index contributed by atoms with van der Waals surface area (Å²) < 4.78 is 12.3. The number of rotatable bonds is 5. The van der Waals surface area contributed by atoms with Gasteiger partial charge >= 0.3 is 12.2 Å². The molecular weight excluding hydrogens is 649 g/mol. The van der Waals surface area contributed by atoms with Crippen molar-refractivity contribution in [1.29, 1.82) is 0 Å². The molecule has 0 aliphatic carbocycles. The maximum atomic E-state index is 13.3. The molecule has 4 heterocycles. The Labute approximate surface area is 296 Å². The van der Waals surface area contributed by atoms with E-state index in [2.05, 4.69) is 72.5 Å². The Kier molecular flexibility index (Phi) is 10.6. The summed E-state index contributed by atoms with van der Waals surface area (Å²) in [4.78, 5) is 43.8. The van der Waals surface area contributed by atoms with Gasteiger partial charge in [0.25, 0.3) is 0 Å². The Bertz CT molecular complexity index is 1810. The molecule has 4 atom stereocenters. The van der Waals surface area contributed by atoms with Crippen LogP contribution in [0.2, 0.25) is 18.1 Å². The zero-order valence-corrected chi connectivity index (χ0v) is 31.7. The predicted octanol–water partition coefficient (Wildman–Crippen LogP) is 7.31. The number of hydrogen-bond acceptors (Lipinski definition) is 6. The van der Waals surface area contributed by atoms with E-state index < -0.39 is 20.0 Å². The first-order valence-corrected chi connectivity index (χ1v) is 20.2. The van der Waals surface area contributed by atoms with Gasteiger partial charge < -0.3 is 24.2 Å². The molecule has 2 aromatic heterocycles. The number of likely N-dealkylation sites (tertiary alicyclic amines) is 2. The molecule has 0 bridgehead atoms. The van der Waals surface area contributed by atoms with E-state index in [9.17, 15) is 14.7 Å². The van der Waals surface area contributed by atoms with Crippen molar-refractivity contribution in [3.63, 3.8) is 0 Å². The highest BCUT2D eigenvalue weighted by Gasteiger charge is 2.43. The van der Waals surface area contributed by atoms with Gasteiger partial charge in [-0.05, 0) is 93.8 Å². The first-order chi connectivity index (χ1) is 23.4. The summed E-state index contributed by atoms with van der Waals surface area (Å²) in [6.45, 7) is 20.5. The van der Waals surface area contributed by atoms with Gasteiger partial charge in [-0.2, -0.15) is 0 Å². The van der Waals surface area contributed by atoms with E-state index >= 15 is 0 Å². The number of imidazole rings is 2. The number of nitrogens with zero attached hydrogens (tertiary/aromatic N) is 4. The fraction of sp³-hybridized carbons (Fsp3) is 0.526. The molecule has 2 aliphatic rings.